The predicted octanol–water partition coefficient (Wildman–Crippen LogP) is 0.944. The smallest absolute Gasteiger partial charge is 0.150 e. The summed E-state index contributed by atoms with van der Waals surface area (Å²) >= 11 is 0. The predicted molar refractivity (Wildman–Crippen MR) is 71.1 cm³/mol. The molecular weight excluding hydrogens is 250 g/mol. The SMILES string of the molecule is NCC(Cc1ccc(O)cc1)C1CCS(=O)(=O)C1. The van der Waals surface area contributed by atoms with Crippen molar-refractivity contribution in [3.8, 4) is 5.75 Å². The lowest BCUT2D eigenvalue weighted by Gasteiger charge is -2.20. The van der Waals surface area contributed by atoms with Gasteiger partial charge in [-0.05, 0) is 48.9 Å². The molecule has 0 spiro atoms. The van der Waals surface area contributed by atoms with E-state index in [2.05, 4.69) is 0 Å². The summed E-state index contributed by atoms with van der Waals surface area (Å²) in [5.74, 6) is 1.18. The number of benzene rings is 1. The molecule has 2 rings (SSSR count). The molecule has 1 aromatic carbocycles. The van der Waals surface area contributed by atoms with Gasteiger partial charge >= 0.3 is 0 Å². The first-order valence-electron chi connectivity index (χ1n) is 6.18. The second kappa shape index (κ2) is 5.28. The Balaban J connectivity index is 2.04. The van der Waals surface area contributed by atoms with Gasteiger partial charge in [0.05, 0.1) is 11.5 Å². The molecular formula is C13H19NO3S. The Hall–Kier alpha value is -1.07. The van der Waals surface area contributed by atoms with Gasteiger partial charge in [-0.15, -0.1) is 0 Å². The summed E-state index contributed by atoms with van der Waals surface area (Å²) in [4.78, 5) is 0. The van der Waals surface area contributed by atoms with Crippen LogP contribution in [0.15, 0.2) is 24.3 Å². The van der Waals surface area contributed by atoms with Crippen molar-refractivity contribution >= 4 is 9.84 Å². The fourth-order valence-electron chi connectivity index (χ4n) is 2.57. The molecule has 2 unspecified atom stereocenters. The van der Waals surface area contributed by atoms with E-state index in [1.54, 1.807) is 12.1 Å². The van der Waals surface area contributed by atoms with Crippen molar-refractivity contribution < 1.29 is 13.5 Å². The lowest BCUT2D eigenvalue weighted by Crippen LogP contribution is -2.26. The molecule has 0 bridgehead atoms. The average Bonchev–Trinajstić information content (AvgIpc) is 2.69. The number of phenolic OH excluding ortho intramolecular Hbond substituents is 1. The van der Waals surface area contributed by atoms with Crippen LogP contribution in [-0.4, -0.2) is 31.6 Å². The maximum absolute atomic E-state index is 11.5. The van der Waals surface area contributed by atoms with Crippen molar-refractivity contribution in [2.24, 2.45) is 17.6 Å². The van der Waals surface area contributed by atoms with E-state index in [-0.39, 0.29) is 23.3 Å². The van der Waals surface area contributed by atoms with Crippen LogP contribution in [0.4, 0.5) is 0 Å². The van der Waals surface area contributed by atoms with Crippen LogP contribution in [0.2, 0.25) is 0 Å². The Morgan fingerprint density at radius 2 is 2.00 bits per heavy atom. The van der Waals surface area contributed by atoms with Gasteiger partial charge in [0.15, 0.2) is 9.84 Å². The number of phenols is 1. The van der Waals surface area contributed by atoms with E-state index < -0.39 is 9.84 Å². The normalized spacial score (nSPS) is 23.9. The molecule has 2 atom stereocenters. The number of rotatable bonds is 4. The van der Waals surface area contributed by atoms with E-state index in [0.717, 1.165) is 18.4 Å². The van der Waals surface area contributed by atoms with E-state index in [4.69, 9.17) is 5.73 Å². The van der Waals surface area contributed by atoms with E-state index in [1.807, 2.05) is 12.1 Å². The van der Waals surface area contributed by atoms with Crippen LogP contribution < -0.4 is 5.73 Å². The molecule has 1 fully saturated rings. The third kappa shape index (κ3) is 3.23. The first-order chi connectivity index (χ1) is 8.50. The molecule has 0 saturated carbocycles. The van der Waals surface area contributed by atoms with Crippen LogP contribution in [-0.2, 0) is 16.3 Å². The van der Waals surface area contributed by atoms with Crippen molar-refractivity contribution in [1.29, 1.82) is 0 Å². The van der Waals surface area contributed by atoms with Crippen LogP contribution in [0.3, 0.4) is 0 Å². The summed E-state index contributed by atoms with van der Waals surface area (Å²) in [6, 6.07) is 7.02. The molecule has 100 valence electrons. The molecule has 1 heterocycles. The van der Waals surface area contributed by atoms with Crippen molar-refractivity contribution in [3.63, 3.8) is 0 Å². The van der Waals surface area contributed by atoms with Gasteiger partial charge < -0.3 is 10.8 Å². The third-order valence-electron chi connectivity index (χ3n) is 3.67. The van der Waals surface area contributed by atoms with Gasteiger partial charge in [-0.25, -0.2) is 8.42 Å². The van der Waals surface area contributed by atoms with Crippen LogP contribution in [0.5, 0.6) is 5.75 Å². The minimum Gasteiger partial charge on any atom is -0.508 e. The summed E-state index contributed by atoms with van der Waals surface area (Å²) in [6.45, 7) is 0.501. The van der Waals surface area contributed by atoms with Gasteiger partial charge in [0.2, 0.25) is 0 Å². The number of nitrogens with two attached hydrogens (primary N) is 1. The second-order valence-electron chi connectivity index (χ2n) is 5.03. The Labute approximate surface area is 108 Å². The fourth-order valence-corrected chi connectivity index (χ4v) is 4.49. The first-order valence-corrected chi connectivity index (χ1v) is 8.01. The van der Waals surface area contributed by atoms with E-state index in [0.29, 0.717) is 12.3 Å². The Morgan fingerprint density at radius 3 is 2.50 bits per heavy atom. The summed E-state index contributed by atoms with van der Waals surface area (Å²) in [5.41, 5.74) is 6.87. The number of aromatic hydroxyl groups is 1. The second-order valence-corrected chi connectivity index (χ2v) is 7.26. The average molecular weight is 269 g/mol. The van der Waals surface area contributed by atoms with Gasteiger partial charge in [-0.1, -0.05) is 12.1 Å². The molecule has 18 heavy (non-hydrogen) atoms. The highest BCUT2D eigenvalue weighted by molar-refractivity contribution is 7.91. The van der Waals surface area contributed by atoms with Crippen LogP contribution >= 0.6 is 0 Å². The highest BCUT2D eigenvalue weighted by atomic mass is 32.2. The largest absolute Gasteiger partial charge is 0.508 e. The van der Waals surface area contributed by atoms with Crippen molar-refractivity contribution in [2.75, 3.05) is 18.1 Å². The zero-order valence-corrected chi connectivity index (χ0v) is 11.1. The van der Waals surface area contributed by atoms with Gasteiger partial charge in [-0.2, -0.15) is 0 Å². The van der Waals surface area contributed by atoms with Gasteiger partial charge in [0.25, 0.3) is 0 Å². The Morgan fingerprint density at radius 1 is 1.33 bits per heavy atom. The van der Waals surface area contributed by atoms with Crippen molar-refractivity contribution in [3.05, 3.63) is 29.8 Å². The van der Waals surface area contributed by atoms with E-state index in [9.17, 15) is 13.5 Å². The van der Waals surface area contributed by atoms with Gasteiger partial charge in [0, 0.05) is 0 Å². The molecule has 1 saturated heterocycles. The highest BCUT2D eigenvalue weighted by Gasteiger charge is 2.32. The lowest BCUT2D eigenvalue weighted by molar-refractivity contribution is 0.370. The molecule has 0 aromatic heterocycles. The quantitative estimate of drug-likeness (QED) is 0.852. The number of sulfone groups is 1. The summed E-state index contributed by atoms with van der Waals surface area (Å²) in [7, 11) is -2.85. The molecule has 4 nitrogen and oxygen atoms in total. The molecule has 1 aliphatic heterocycles. The summed E-state index contributed by atoms with van der Waals surface area (Å²) < 4.78 is 23.0. The van der Waals surface area contributed by atoms with Crippen molar-refractivity contribution in [1.82, 2.24) is 0 Å². The minimum absolute atomic E-state index is 0.175. The Kier molecular flexibility index (Phi) is 3.92. The van der Waals surface area contributed by atoms with Crippen LogP contribution in [0.25, 0.3) is 0 Å². The van der Waals surface area contributed by atoms with Crippen LogP contribution in [0.1, 0.15) is 12.0 Å². The zero-order chi connectivity index (χ0) is 13.2. The molecule has 0 radical (unpaired) electrons. The molecule has 0 amide bonds. The topological polar surface area (TPSA) is 80.4 Å². The monoisotopic (exact) mass is 269 g/mol. The fraction of sp³-hybridized carbons (Fsp3) is 0.538. The van der Waals surface area contributed by atoms with E-state index in [1.165, 1.54) is 0 Å². The van der Waals surface area contributed by atoms with Gasteiger partial charge in [0.1, 0.15) is 5.75 Å². The molecule has 5 heteroatoms. The number of hydrogen-bond acceptors (Lipinski definition) is 4. The van der Waals surface area contributed by atoms with Gasteiger partial charge in [-0.3, -0.25) is 0 Å². The first kappa shape index (κ1) is 13.4. The van der Waals surface area contributed by atoms with E-state index >= 15 is 0 Å². The minimum atomic E-state index is -2.85. The van der Waals surface area contributed by atoms with Crippen molar-refractivity contribution in [2.45, 2.75) is 12.8 Å². The number of hydrogen-bond donors (Lipinski definition) is 2. The lowest BCUT2D eigenvalue weighted by atomic mass is 9.86. The maximum atomic E-state index is 11.5. The molecule has 1 aliphatic rings. The maximum Gasteiger partial charge on any atom is 0.150 e. The molecule has 1 aromatic rings. The Bertz CT molecular complexity index is 495. The third-order valence-corrected chi connectivity index (χ3v) is 5.47. The molecule has 3 N–H and O–H groups in total. The summed E-state index contributed by atoms with van der Waals surface area (Å²) in [6.07, 6.45) is 1.50. The standard InChI is InChI=1S/C13H19NO3S/c14-8-12(11-5-6-18(16,17)9-11)7-10-1-3-13(15)4-2-10/h1-4,11-12,15H,5-9,14H2. The molecule has 0 aliphatic carbocycles. The highest BCUT2D eigenvalue weighted by Crippen LogP contribution is 2.28. The van der Waals surface area contributed by atoms with Crippen LogP contribution in [0, 0.1) is 11.8 Å². The summed E-state index contributed by atoms with van der Waals surface area (Å²) in [5, 5.41) is 9.22. The zero-order valence-electron chi connectivity index (χ0n) is 10.2.